The molecule has 30 heavy (non-hydrogen) atoms. The van der Waals surface area contributed by atoms with Gasteiger partial charge in [-0.3, -0.25) is 19.4 Å². The van der Waals surface area contributed by atoms with Crippen LogP contribution in [0.5, 0.6) is 0 Å². The monoisotopic (exact) mass is 420 g/mol. The van der Waals surface area contributed by atoms with Crippen LogP contribution in [0.3, 0.4) is 0 Å². The van der Waals surface area contributed by atoms with E-state index in [-0.39, 0.29) is 0 Å². The Morgan fingerprint density at radius 2 is 1.90 bits per heavy atom. The molecule has 6 nitrogen and oxygen atoms in total. The van der Waals surface area contributed by atoms with E-state index in [2.05, 4.69) is 11.8 Å². The number of hydrogen-bond donors (Lipinski definition) is 0. The number of hydroxylamine groups is 2. The second-order valence-electron chi connectivity index (χ2n) is 7.52. The second kappa shape index (κ2) is 7.71. The quantitative estimate of drug-likeness (QED) is 0.684. The van der Waals surface area contributed by atoms with Crippen LogP contribution in [0.25, 0.3) is 0 Å². The van der Waals surface area contributed by atoms with Crippen LogP contribution in [-0.4, -0.2) is 52.5 Å². The molecule has 0 saturated heterocycles. The van der Waals surface area contributed by atoms with Crippen molar-refractivity contribution in [3.05, 3.63) is 70.2 Å². The van der Waals surface area contributed by atoms with Crippen LogP contribution >= 0.6 is 0 Å². The predicted octanol–water partition coefficient (Wildman–Crippen LogP) is 3.27. The number of carbonyl (C=O) groups is 1. The normalized spacial score (nSPS) is 18.7. The summed E-state index contributed by atoms with van der Waals surface area (Å²) < 4.78 is 42.5. The van der Waals surface area contributed by atoms with Gasteiger partial charge in [0.25, 0.3) is 5.91 Å². The van der Waals surface area contributed by atoms with E-state index in [0.29, 0.717) is 24.6 Å². The van der Waals surface area contributed by atoms with Crippen LogP contribution < -0.4 is 0 Å². The minimum Gasteiger partial charge on any atom is -0.352 e. The van der Waals surface area contributed by atoms with Crippen LogP contribution in [0.1, 0.15) is 25.8 Å². The van der Waals surface area contributed by atoms with Crippen molar-refractivity contribution in [3.8, 4) is 0 Å². The van der Waals surface area contributed by atoms with E-state index in [4.69, 9.17) is 4.84 Å². The first kappa shape index (κ1) is 20.3. The lowest BCUT2D eigenvalue weighted by Crippen LogP contribution is -2.50. The maximum Gasteiger partial charge on any atom is 0.277 e. The first-order valence-corrected chi connectivity index (χ1v) is 9.76. The topological polar surface area (TPSA) is 39.3 Å². The molecule has 0 atom stereocenters. The summed E-state index contributed by atoms with van der Waals surface area (Å²) in [6.07, 6.45) is 4.29. The summed E-state index contributed by atoms with van der Waals surface area (Å²) in [6, 6.07) is 1.61. The zero-order valence-electron chi connectivity index (χ0n) is 17.1. The molecule has 0 fully saturated rings. The average molecular weight is 420 g/mol. The molecular weight excluding hydrogens is 397 g/mol. The molecule has 0 bridgehead atoms. The summed E-state index contributed by atoms with van der Waals surface area (Å²) >= 11 is 0. The van der Waals surface area contributed by atoms with E-state index < -0.39 is 35.5 Å². The van der Waals surface area contributed by atoms with Gasteiger partial charge in [-0.05, 0) is 31.6 Å². The molecule has 0 radical (unpaired) electrons. The minimum atomic E-state index is -1.28. The molecule has 3 aliphatic rings. The second-order valence-corrected chi connectivity index (χ2v) is 7.52. The van der Waals surface area contributed by atoms with E-state index >= 15 is 0 Å². The molecule has 1 aromatic carbocycles. The molecule has 0 saturated carbocycles. The number of benzene rings is 1. The Balaban J connectivity index is 1.85. The minimum absolute atomic E-state index is 0.319. The SMILES string of the molecule is CCCN1CC(C)=CC2=C1N1CN(OC)C=C1C(=O)N2Cc1c(F)ccc(F)c1F. The standard InChI is InChI=1S/C21H23F3N4O2/c1-4-7-25-9-13(2)8-17-20(25)28-12-26(30-3)11-18(28)21(29)27(17)10-14-15(22)5-6-16(23)19(14)24/h5-6,8,11H,4,7,9-10,12H2,1-3H3. The summed E-state index contributed by atoms with van der Waals surface area (Å²) in [5.74, 6) is -3.00. The van der Waals surface area contributed by atoms with Crippen molar-refractivity contribution in [1.29, 1.82) is 0 Å². The third kappa shape index (κ3) is 3.23. The van der Waals surface area contributed by atoms with Crippen molar-refractivity contribution in [2.75, 3.05) is 26.9 Å². The van der Waals surface area contributed by atoms with Gasteiger partial charge >= 0.3 is 0 Å². The number of carbonyl (C=O) groups excluding carboxylic acids is 1. The highest BCUT2D eigenvalue weighted by atomic mass is 19.2. The highest BCUT2D eigenvalue weighted by molar-refractivity contribution is 5.96. The van der Waals surface area contributed by atoms with E-state index in [0.717, 1.165) is 36.5 Å². The molecule has 1 amide bonds. The first-order chi connectivity index (χ1) is 14.3. The smallest absolute Gasteiger partial charge is 0.277 e. The van der Waals surface area contributed by atoms with Gasteiger partial charge in [-0.2, -0.15) is 0 Å². The Labute approximate surface area is 173 Å². The number of fused-ring (bicyclic) bond motifs is 2. The highest BCUT2D eigenvalue weighted by Gasteiger charge is 2.43. The zero-order chi connectivity index (χ0) is 21.6. The van der Waals surface area contributed by atoms with Gasteiger partial charge in [0, 0.05) is 18.7 Å². The molecule has 0 N–H and O–H groups in total. The Morgan fingerprint density at radius 3 is 2.60 bits per heavy atom. The largest absolute Gasteiger partial charge is 0.352 e. The van der Waals surface area contributed by atoms with Crippen molar-refractivity contribution in [3.63, 3.8) is 0 Å². The molecule has 1 aromatic rings. The van der Waals surface area contributed by atoms with Gasteiger partial charge in [0.15, 0.2) is 11.6 Å². The Bertz CT molecular complexity index is 989. The van der Waals surface area contributed by atoms with Gasteiger partial charge < -0.3 is 4.90 Å². The third-order valence-electron chi connectivity index (χ3n) is 5.38. The molecule has 0 aliphatic carbocycles. The lowest BCUT2D eigenvalue weighted by molar-refractivity contribution is -0.129. The lowest BCUT2D eigenvalue weighted by Gasteiger charge is -2.44. The number of rotatable bonds is 5. The van der Waals surface area contributed by atoms with Gasteiger partial charge in [0.2, 0.25) is 0 Å². The highest BCUT2D eigenvalue weighted by Crippen LogP contribution is 2.38. The van der Waals surface area contributed by atoms with Crippen molar-refractivity contribution in [1.82, 2.24) is 19.8 Å². The Hall–Kier alpha value is -2.94. The zero-order valence-corrected chi connectivity index (χ0v) is 17.1. The first-order valence-electron chi connectivity index (χ1n) is 9.76. The molecule has 0 aromatic heterocycles. The molecule has 3 heterocycles. The van der Waals surface area contributed by atoms with E-state index in [9.17, 15) is 18.0 Å². The van der Waals surface area contributed by atoms with Gasteiger partial charge in [-0.15, -0.1) is 0 Å². The van der Waals surface area contributed by atoms with E-state index in [1.807, 2.05) is 17.9 Å². The lowest BCUT2D eigenvalue weighted by atomic mass is 10.0. The molecule has 160 valence electrons. The number of nitrogens with zero attached hydrogens (tertiary/aromatic N) is 4. The van der Waals surface area contributed by atoms with Crippen LogP contribution in [0, 0.1) is 17.5 Å². The number of amides is 1. The van der Waals surface area contributed by atoms with Gasteiger partial charge in [-0.1, -0.05) is 12.5 Å². The van der Waals surface area contributed by atoms with Crippen LogP contribution in [-0.2, 0) is 16.2 Å². The summed E-state index contributed by atoms with van der Waals surface area (Å²) in [7, 11) is 1.50. The summed E-state index contributed by atoms with van der Waals surface area (Å²) in [5.41, 5.74) is 1.40. The maximum atomic E-state index is 14.4. The fraction of sp³-hybridized carbons (Fsp3) is 0.381. The van der Waals surface area contributed by atoms with Crippen molar-refractivity contribution < 1.29 is 22.8 Å². The Kier molecular flexibility index (Phi) is 5.23. The van der Waals surface area contributed by atoms with Crippen LogP contribution in [0.15, 0.2) is 47.2 Å². The summed E-state index contributed by atoms with van der Waals surface area (Å²) in [6.45, 7) is 5.31. The number of hydrogen-bond acceptors (Lipinski definition) is 5. The summed E-state index contributed by atoms with van der Waals surface area (Å²) in [4.78, 5) is 23.9. The fourth-order valence-electron chi connectivity index (χ4n) is 4.05. The van der Waals surface area contributed by atoms with Crippen molar-refractivity contribution in [2.45, 2.75) is 26.8 Å². The van der Waals surface area contributed by atoms with Crippen molar-refractivity contribution in [2.24, 2.45) is 0 Å². The summed E-state index contributed by atoms with van der Waals surface area (Å²) in [5, 5.41) is 1.51. The molecule has 0 spiro atoms. The predicted molar refractivity (Wildman–Crippen MR) is 103 cm³/mol. The maximum absolute atomic E-state index is 14.4. The third-order valence-corrected chi connectivity index (χ3v) is 5.38. The molecular formula is C21H23F3N4O2. The van der Waals surface area contributed by atoms with Gasteiger partial charge in [0.1, 0.15) is 24.0 Å². The van der Waals surface area contributed by atoms with Crippen molar-refractivity contribution >= 4 is 5.91 Å². The molecule has 0 unspecified atom stereocenters. The Morgan fingerprint density at radius 1 is 1.17 bits per heavy atom. The van der Waals surface area contributed by atoms with Gasteiger partial charge in [0.05, 0.1) is 25.6 Å². The average Bonchev–Trinajstić information content (AvgIpc) is 3.15. The van der Waals surface area contributed by atoms with E-state index in [1.165, 1.54) is 17.1 Å². The van der Waals surface area contributed by atoms with E-state index in [1.54, 1.807) is 6.20 Å². The molecule has 3 aliphatic heterocycles. The van der Waals surface area contributed by atoms with Gasteiger partial charge in [-0.25, -0.2) is 18.2 Å². The molecule has 4 rings (SSSR count). The number of halogens is 3. The fourth-order valence-corrected chi connectivity index (χ4v) is 4.05. The number of allylic oxidation sites excluding steroid dienone is 1. The van der Waals surface area contributed by atoms with Crippen LogP contribution in [0.2, 0.25) is 0 Å². The van der Waals surface area contributed by atoms with Crippen LogP contribution in [0.4, 0.5) is 13.2 Å². The molecule has 9 heteroatoms.